The summed E-state index contributed by atoms with van der Waals surface area (Å²) >= 11 is 12.0. The number of halogens is 2. The van der Waals surface area contributed by atoms with E-state index in [1.165, 1.54) is 0 Å². The zero-order valence-electron chi connectivity index (χ0n) is 12.5. The quantitative estimate of drug-likeness (QED) is 0.791. The topological polar surface area (TPSA) is 29.5 Å². The average Bonchev–Trinajstić information content (AvgIpc) is 2.86. The highest BCUT2D eigenvalue weighted by Gasteiger charge is 2.31. The van der Waals surface area contributed by atoms with Gasteiger partial charge in [0.15, 0.2) is 0 Å². The second-order valence-corrected chi connectivity index (χ2v) is 6.49. The predicted molar refractivity (Wildman–Crippen MR) is 92.0 cm³/mol. The van der Waals surface area contributed by atoms with Crippen molar-refractivity contribution in [1.29, 1.82) is 0 Å². The highest BCUT2D eigenvalue weighted by atomic mass is 35.5. The van der Waals surface area contributed by atoms with Gasteiger partial charge in [0.05, 0.1) is 6.04 Å². The molecule has 1 atom stereocenters. The van der Waals surface area contributed by atoms with E-state index in [4.69, 9.17) is 27.9 Å². The van der Waals surface area contributed by atoms with Gasteiger partial charge >= 0.3 is 0 Å². The van der Waals surface area contributed by atoms with Gasteiger partial charge in [-0.3, -0.25) is 4.79 Å². The molecule has 3 rings (SSSR count). The van der Waals surface area contributed by atoms with Crippen LogP contribution in [0.4, 0.5) is 0 Å². The minimum absolute atomic E-state index is 0.0699. The predicted octanol–water partition coefficient (Wildman–Crippen LogP) is 4.56. The fraction of sp³-hybridized carbons (Fsp3) is 0.278. The van der Waals surface area contributed by atoms with Crippen molar-refractivity contribution in [3.63, 3.8) is 0 Å². The molecule has 0 saturated carbocycles. The highest BCUT2D eigenvalue weighted by molar-refractivity contribution is 6.34. The van der Waals surface area contributed by atoms with E-state index >= 15 is 0 Å². The van der Waals surface area contributed by atoms with Crippen molar-refractivity contribution in [1.82, 2.24) is 4.90 Å². The molecule has 1 aliphatic heterocycles. The number of ether oxygens (including phenoxy) is 1. The maximum atomic E-state index is 12.1. The number of hydrogen-bond donors (Lipinski definition) is 0. The van der Waals surface area contributed by atoms with Crippen molar-refractivity contribution in [3.8, 4) is 5.75 Å². The van der Waals surface area contributed by atoms with Gasteiger partial charge in [-0.05, 0) is 30.2 Å². The van der Waals surface area contributed by atoms with Gasteiger partial charge in [-0.25, -0.2) is 0 Å². The number of rotatable bonds is 5. The summed E-state index contributed by atoms with van der Waals surface area (Å²) in [6.07, 6.45) is 1.37. The Hall–Kier alpha value is -1.71. The van der Waals surface area contributed by atoms with E-state index in [1.807, 2.05) is 35.2 Å². The number of carbonyl (C=O) groups excluding carboxylic acids is 1. The number of nitrogens with zero attached hydrogens (tertiary/aromatic N) is 1. The molecule has 0 aliphatic carbocycles. The fourth-order valence-corrected chi connectivity index (χ4v) is 3.27. The third kappa shape index (κ3) is 4.18. The van der Waals surface area contributed by atoms with Crippen molar-refractivity contribution in [2.24, 2.45) is 0 Å². The van der Waals surface area contributed by atoms with Gasteiger partial charge in [0.2, 0.25) is 5.91 Å². The number of hydrogen-bond acceptors (Lipinski definition) is 2. The first-order valence-electron chi connectivity index (χ1n) is 7.54. The Morgan fingerprint density at radius 3 is 2.48 bits per heavy atom. The van der Waals surface area contributed by atoms with Crippen molar-refractivity contribution in [2.75, 3.05) is 6.61 Å². The molecule has 0 unspecified atom stereocenters. The second kappa shape index (κ2) is 7.24. The van der Waals surface area contributed by atoms with E-state index in [9.17, 15) is 4.79 Å². The van der Waals surface area contributed by atoms with Gasteiger partial charge in [0, 0.05) is 23.0 Å². The van der Waals surface area contributed by atoms with Crippen LogP contribution >= 0.6 is 23.2 Å². The van der Waals surface area contributed by atoms with Crippen LogP contribution in [0.1, 0.15) is 18.4 Å². The molecule has 5 heteroatoms. The van der Waals surface area contributed by atoms with Crippen molar-refractivity contribution >= 4 is 29.1 Å². The molecule has 0 N–H and O–H groups in total. The molecule has 0 spiro atoms. The molecule has 23 heavy (non-hydrogen) atoms. The molecule has 1 saturated heterocycles. The van der Waals surface area contributed by atoms with Crippen molar-refractivity contribution in [3.05, 3.63) is 64.1 Å². The molecule has 1 amide bonds. The smallest absolute Gasteiger partial charge is 0.223 e. The van der Waals surface area contributed by atoms with Crippen molar-refractivity contribution < 1.29 is 9.53 Å². The lowest BCUT2D eigenvalue weighted by Crippen LogP contribution is -2.36. The third-order valence-electron chi connectivity index (χ3n) is 3.93. The molecule has 0 aromatic heterocycles. The summed E-state index contributed by atoms with van der Waals surface area (Å²) in [5.41, 5.74) is 1.12. The van der Waals surface area contributed by atoms with Crippen LogP contribution in [0, 0.1) is 0 Å². The summed E-state index contributed by atoms with van der Waals surface area (Å²) in [5.74, 6) is 0.799. The Bertz CT molecular complexity index is 670. The first-order chi connectivity index (χ1) is 11.1. The maximum absolute atomic E-state index is 12.1. The Kier molecular flexibility index (Phi) is 5.09. The zero-order valence-corrected chi connectivity index (χ0v) is 14.1. The molecule has 2 aromatic carbocycles. The van der Waals surface area contributed by atoms with Gasteiger partial charge < -0.3 is 9.64 Å². The fourth-order valence-electron chi connectivity index (χ4n) is 2.77. The van der Waals surface area contributed by atoms with Crippen LogP contribution in [0.15, 0.2) is 48.5 Å². The average molecular weight is 350 g/mol. The van der Waals surface area contributed by atoms with Crippen molar-refractivity contribution in [2.45, 2.75) is 25.4 Å². The summed E-state index contributed by atoms with van der Waals surface area (Å²) in [6.45, 7) is 1.05. The minimum atomic E-state index is 0.0699. The summed E-state index contributed by atoms with van der Waals surface area (Å²) in [6, 6.07) is 15.2. The van der Waals surface area contributed by atoms with Gasteiger partial charge in [-0.2, -0.15) is 0 Å². The highest BCUT2D eigenvalue weighted by Crippen LogP contribution is 2.26. The Morgan fingerprint density at radius 2 is 1.78 bits per heavy atom. The first-order valence-corrected chi connectivity index (χ1v) is 8.30. The van der Waals surface area contributed by atoms with Gasteiger partial charge in [0.25, 0.3) is 0 Å². The van der Waals surface area contributed by atoms with Crippen LogP contribution < -0.4 is 4.74 Å². The lowest BCUT2D eigenvalue weighted by molar-refractivity contribution is -0.129. The Morgan fingerprint density at radius 1 is 1.09 bits per heavy atom. The molecular formula is C18H17Cl2NO2. The number of benzene rings is 2. The van der Waals surface area contributed by atoms with Crippen LogP contribution in [-0.4, -0.2) is 23.5 Å². The summed E-state index contributed by atoms with van der Waals surface area (Å²) in [5, 5.41) is 1.08. The van der Waals surface area contributed by atoms with Gasteiger partial charge in [0.1, 0.15) is 12.4 Å². The van der Waals surface area contributed by atoms with Crippen LogP contribution in [0.3, 0.4) is 0 Å². The lowest BCUT2D eigenvalue weighted by atomic mass is 10.2. The van der Waals surface area contributed by atoms with E-state index in [0.717, 1.165) is 12.0 Å². The molecule has 2 aromatic rings. The number of carbonyl (C=O) groups is 1. The van der Waals surface area contributed by atoms with Gasteiger partial charge in [-0.1, -0.05) is 53.5 Å². The van der Waals surface area contributed by atoms with Gasteiger partial charge in [-0.15, -0.1) is 0 Å². The third-order valence-corrected chi connectivity index (χ3v) is 4.36. The van der Waals surface area contributed by atoms with E-state index in [0.29, 0.717) is 35.4 Å². The normalized spacial score (nSPS) is 17.6. The largest absolute Gasteiger partial charge is 0.491 e. The maximum Gasteiger partial charge on any atom is 0.223 e. The molecule has 0 bridgehead atoms. The number of amides is 1. The molecule has 0 radical (unpaired) electrons. The molecule has 120 valence electrons. The molecule has 1 aliphatic rings. The SMILES string of the molecule is O=C1CC[C@H](COc2cc(Cl)cc(Cl)c2)N1Cc1ccccc1. The van der Waals surface area contributed by atoms with Crippen LogP contribution in [0.2, 0.25) is 10.0 Å². The van der Waals surface area contributed by atoms with E-state index in [2.05, 4.69) is 0 Å². The van der Waals surface area contributed by atoms with Crippen LogP contribution in [0.5, 0.6) is 5.75 Å². The molecular weight excluding hydrogens is 333 g/mol. The lowest BCUT2D eigenvalue weighted by Gasteiger charge is -2.25. The minimum Gasteiger partial charge on any atom is -0.491 e. The summed E-state index contributed by atoms with van der Waals surface area (Å²) in [4.78, 5) is 14.0. The Labute approximate surface area is 145 Å². The summed E-state index contributed by atoms with van der Waals surface area (Å²) < 4.78 is 5.81. The molecule has 1 fully saturated rings. The van der Waals surface area contributed by atoms with Crippen LogP contribution in [0.25, 0.3) is 0 Å². The first kappa shape index (κ1) is 16.2. The monoisotopic (exact) mass is 349 g/mol. The molecule has 3 nitrogen and oxygen atoms in total. The molecule has 1 heterocycles. The Balaban J connectivity index is 1.65. The van der Waals surface area contributed by atoms with Crippen LogP contribution in [-0.2, 0) is 11.3 Å². The van der Waals surface area contributed by atoms with E-state index in [-0.39, 0.29) is 11.9 Å². The summed E-state index contributed by atoms with van der Waals surface area (Å²) in [7, 11) is 0. The zero-order chi connectivity index (χ0) is 16.2. The van der Waals surface area contributed by atoms with E-state index in [1.54, 1.807) is 18.2 Å². The standard InChI is InChI=1S/C18H17Cl2NO2/c19-14-8-15(20)10-17(9-14)23-12-16-6-7-18(22)21(16)11-13-4-2-1-3-5-13/h1-5,8-10,16H,6-7,11-12H2/t16-/m1/s1. The second-order valence-electron chi connectivity index (χ2n) is 5.62. The number of likely N-dealkylation sites (tertiary alicyclic amines) is 1. The van der Waals surface area contributed by atoms with E-state index < -0.39 is 0 Å².